The maximum absolute atomic E-state index is 14.1. The van der Waals surface area contributed by atoms with Crippen molar-refractivity contribution >= 4 is 29.8 Å². The molecule has 0 saturated carbocycles. The summed E-state index contributed by atoms with van der Waals surface area (Å²) >= 11 is 0. The molecular formula is C53H53O17P. The molecule has 0 aliphatic rings. The van der Waals surface area contributed by atoms with Crippen LogP contribution in [0.2, 0.25) is 0 Å². The maximum Gasteiger partial charge on any atom is 0.530 e. The summed E-state index contributed by atoms with van der Waals surface area (Å²) in [6.07, 6.45) is 0. The Hall–Kier alpha value is -8.11. The molecule has 0 bridgehead atoms. The molecule has 0 radical (unpaired) electrons. The van der Waals surface area contributed by atoms with E-state index < -0.39 is 19.1 Å². The number of aromatic hydroxyl groups is 1. The molecule has 8 rings (SSSR count). The van der Waals surface area contributed by atoms with E-state index in [9.17, 15) is 19.3 Å². The zero-order valence-electron chi connectivity index (χ0n) is 39.4. The van der Waals surface area contributed by atoms with Gasteiger partial charge in [-0.2, -0.15) is 0 Å². The van der Waals surface area contributed by atoms with Gasteiger partial charge >= 0.3 is 19.1 Å². The first-order valence-electron chi connectivity index (χ1n) is 21.2. The molecule has 8 aromatic rings. The van der Waals surface area contributed by atoms with Gasteiger partial charge in [-0.05, 0) is 58.7 Å². The van der Waals surface area contributed by atoms with Gasteiger partial charge in [0.05, 0.1) is 70.1 Å². The molecule has 2 heterocycles. The second-order valence-corrected chi connectivity index (χ2v) is 16.4. The van der Waals surface area contributed by atoms with Crippen molar-refractivity contribution in [3.63, 3.8) is 0 Å². The van der Waals surface area contributed by atoms with Crippen molar-refractivity contribution in [1.82, 2.24) is 0 Å². The zero-order chi connectivity index (χ0) is 50.0. The van der Waals surface area contributed by atoms with Crippen LogP contribution in [0.5, 0.6) is 57.5 Å². The molecular weight excluding hydrogens is 940 g/mol. The van der Waals surface area contributed by atoms with Crippen LogP contribution in [-0.2, 0) is 26.8 Å². The van der Waals surface area contributed by atoms with Gasteiger partial charge in [0, 0.05) is 34.0 Å². The minimum absolute atomic E-state index is 0. The summed E-state index contributed by atoms with van der Waals surface area (Å²) in [6.45, 7) is -0.0542. The standard InChI is InChI=1S/C33H31O10P.C19H18O7.CH4/c1-36-27-16-15-24(25-19-30(34)42-31-26(25)18-29(37-2)32(38-3)33(31)39-4)17-28(27)43-44(35,40-20-22-11-7-5-8-12-22)41-21-23-13-9-6-10-14-23;1-22-14-6-5-10(7-13(14)20)11-9-16(21)26-17-12(11)8-15(23-2)18(24-3)19(17)25-4;/h5-19H,20-21H2,1-4H3;5-9,20H,1-4H3;1H4. The van der Waals surface area contributed by atoms with E-state index in [1.165, 1.54) is 75.1 Å². The fraction of sp³-hybridized carbons (Fsp3) is 0.208. The van der Waals surface area contributed by atoms with Gasteiger partial charge in [0.25, 0.3) is 0 Å². The van der Waals surface area contributed by atoms with Crippen LogP contribution in [0.15, 0.2) is 140 Å². The first-order valence-corrected chi connectivity index (χ1v) is 22.6. The number of hydrogen-bond donors (Lipinski definition) is 1. The summed E-state index contributed by atoms with van der Waals surface area (Å²) in [7, 11) is 7.48. The van der Waals surface area contributed by atoms with E-state index in [4.69, 9.17) is 60.3 Å². The summed E-state index contributed by atoms with van der Waals surface area (Å²) in [5, 5.41) is 11.2. The predicted octanol–water partition coefficient (Wildman–Crippen LogP) is 11.3. The van der Waals surface area contributed by atoms with Gasteiger partial charge in [-0.3, -0.25) is 9.05 Å². The van der Waals surface area contributed by atoms with E-state index in [1.54, 1.807) is 42.5 Å². The molecule has 0 aliphatic heterocycles. The molecule has 18 heteroatoms. The molecule has 0 saturated heterocycles. The number of methoxy groups -OCH3 is 8. The van der Waals surface area contributed by atoms with Crippen LogP contribution in [0.4, 0.5) is 0 Å². The third-order valence-corrected chi connectivity index (χ3v) is 12.0. The minimum atomic E-state index is -4.23. The molecule has 0 amide bonds. The van der Waals surface area contributed by atoms with E-state index in [1.807, 2.05) is 60.7 Å². The topological polar surface area (TPSA) is 199 Å². The lowest BCUT2D eigenvalue weighted by Gasteiger charge is -2.21. The van der Waals surface area contributed by atoms with Gasteiger partial charge in [-0.15, -0.1) is 0 Å². The molecule has 0 atom stereocenters. The van der Waals surface area contributed by atoms with E-state index in [0.29, 0.717) is 56.0 Å². The molecule has 1 N–H and O–H groups in total. The lowest BCUT2D eigenvalue weighted by molar-refractivity contribution is 0.142. The zero-order valence-corrected chi connectivity index (χ0v) is 40.3. The first kappa shape index (κ1) is 52.3. The number of hydrogen-bond acceptors (Lipinski definition) is 17. The molecule has 2 aromatic heterocycles. The first-order chi connectivity index (χ1) is 33.9. The van der Waals surface area contributed by atoms with Crippen LogP contribution in [0, 0.1) is 0 Å². The van der Waals surface area contributed by atoms with Crippen molar-refractivity contribution in [3.05, 3.63) is 153 Å². The normalized spacial score (nSPS) is 10.9. The predicted molar refractivity (Wildman–Crippen MR) is 267 cm³/mol. The largest absolute Gasteiger partial charge is 0.530 e. The summed E-state index contributed by atoms with van der Waals surface area (Å²) < 4.78 is 85.8. The number of phenolic OH excluding ortho intramolecular Hbond substituents is 1. The van der Waals surface area contributed by atoms with E-state index in [2.05, 4.69) is 0 Å². The molecule has 71 heavy (non-hydrogen) atoms. The quantitative estimate of drug-likeness (QED) is 0.0628. The van der Waals surface area contributed by atoms with E-state index >= 15 is 0 Å². The molecule has 17 nitrogen and oxygen atoms in total. The highest BCUT2D eigenvalue weighted by atomic mass is 31.2. The van der Waals surface area contributed by atoms with Gasteiger partial charge < -0.3 is 56.4 Å². The van der Waals surface area contributed by atoms with E-state index in [-0.39, 0.29) is 66.3 Å². The van der Waals surface area contributed by atoms with Crippen molar-refractivity contribution in [2.24, 2.45) is 0 Å². The fourth-order valence-electron chi connectivity index (χ4n) is 7.43. The second-order valence-electron chi connectivity index (χ2n) is 14.8. The molecule has 0 aliphatic carbocycles. The number of benzene rings is 6. The maximum atomic E-state index is 14.1. The highest BCUT2D eigenvalue weighted by Crippen LogP contribution is 2.54. The summed E-state index contributed by atoms with van der Waals surface area (Å²) in [6, 6.07) is 34.3. The minimum Gasteiger partial charge on any atom is -0.504 e. The van der Waals surface area contributed by atoms with Crippen molar-refractivity contribution in [1.29, 1.82) is 0 Å². The molecule has 0 unspecified atom stereocenters. The van der Waals surface area contributed by atoms with Crippen molar-refractivity contribution in [3.8, 4) is 79.7 Å². The average Bonchev–Trinajstić information content (AvgIpc) is 3.38. The second kappa shape index (κ2) is 23.5. The van der Waals surface area contributed by atoms with Gasteiger partial charge in [-0.1, -0.05) is 80.2 Å². The highest BCUT2D eigenvalue weighted by Gasteiger charge is 2.31. The summed E-state index contributed by atoms with van der Waals surface area (Å²) in [5.74, 6) is 2.45. The Kier molecular flexibility index (Phi) is 17.3. The van der Waals surface area contributed by atoms with Crippen LogP contribution in [0.1, 0.15) is 18.6 Å². The average molecular weight is 993 g/mol. The Bertz CT molecular complexity index is 3230. The van der Waals surface area contributed by atoms with Crippen molar-refractivity contribution in [2.75, 3.05) is 56.9 Å². The Morgan fingerprint density at radius 3 is 1.25 bits per heavy atom. The monoisotopic (exact) mass is 992 g/mol. The van der Waals surface area contributed by atoms with Crippen LogP contribution in [-0.4, -0.2) is 62.0 Å². The van der Waals surface area contributed by atoms with Gasteiger partial charge in [0.1, 0.15) is 0 Å². The van der Waals surface area contributed by atoms with Crippen molar-refractivity contribution < 1.29 is 70.0 Å². The molecule has 0 spiro atoms. The number of rotatable bonds is 18. The Morgan fingerprint density at radius 1 is 0.451 bits per heavy atom. The van der Waals surface area contributed by atoms with Gasteiger partial charge in [0.15, 0.2) is 45.7 Å². The van der Waals surface area contributed by atoms with Crippen LogP contribution >= 0.6 is 7.82 Å². The lowest BCUT2D eigenvalue weighted by atomic mass is 10.0. The number of fused-ring (bicyclic) bond motifs is 2. The Balaban J connectivity index is 0.000000261. The third-order valence-electron chi connectivity index (χ3n) is 10.7. The van der Waals surface area contributed by atoms with Crippen LogP contribution < -0.4 is 53.7 Å². The molecule has 0 fully saturated rings. The number of phosphoric ester groups is 1. The van der Waals surface area contributed by atoms with E-state index in [0.717, 1.165) is 11.1 Å². The lowest BCUT2D eigenvalue weighted by Crippen LogP contribution is -2.05. The van der Waals surface area contributed by atoms with Gasteiger partial charge in [0.2, 0.25) is 23.0 Å². The number of phosphoric acid groups is 1. The SMILES string of the molecule is C.COc1ccc(-c2cc(=O)oc3c(OC)c(OC)c(OC)cc23)cc1O.COc1ccc(-c2cc(=O)oc3c(OC)c(OC)c(OC)cc23)cc1OP(=O)(OCc1ccccc1)OCc1ccccc1. The van der Waals surface area contributed by atoms with Gasteiger partial charge in [-0.25, -0.2) is 14.2 Å². The summed E-state index contributed by atoms with van der Waals surface area (Å²) in [4.78, 5) is 24.9. The smallest absolute Gasteiger partial charge is 0.504 e. The molecule has 6 aromatic carbocycles. The Labute approximate surface area is 409 Å². The number of phenols is 1. The third kappa shape index (κ3) is 11.5. The Morgan fingerprint density at radius 2 is 0.859 bits per heavy atom. The number of ether oxygens (including phenoxy) is 8. The highest BCUT2D eigenvalue weighted by molar-refractivity contribution is 7.48. The van der Waals surface area contributed by atoms with Crippen LogP contribution in [0.3, 0.4) is 0 Å². The fourth-order valence-corrected chi connectivity index (χ4v) is 8.61. The summed E-state index contributed by atoms with van der Waals surface area (Å²) in [5.41, 5.74) is 2.90. The van der Waals surface area contributed by atoms with Crippen LogP contribution in [0.25, 0.3) is 44.2 Å². The molecule has 372 valence electrons. The van der Waals surface area contributed by atoms with Crippen molar-refractivity contribution in [2.45, 2.75) is 20.6 Å².